The average Bonchev–Trinajstić information content (AvgIpc) is 2.69. The van der Waals surface area contributed by atoms with Crippen molar-refractivity contribution in [1.82, 2.24) is 5.32 Å². The smallest absolute Gasteiger partial charge is 0.244 e. The highest BCUT2D eigenvalue weighted by Crippen LogP contribution is 2.25. The number of nitrogens with one attached hydrogen (secondary N) is 1. The molecule has 0 unspecified atom stereocenters. The lowest BCUT2D eigenvalue weighted by atomic mass is 9.87. The lowest BCUT2D eigenvalue weighted by Gasteiger charge is -2.30. The second-order valence-corrected chi connectivity index (χ2v) is 10.7. The van der Waals surface area contributed by atoms with Crippen LogP contribution in [0.15, 0.2) is 48.5 Å². The summed E-state index contributed by atoms with van der Waals surface area (Å²) in [7, 11) is -3.68. The quantitative estimate of drug-likeness (QED) is 0.556. The van der Waals surface area contributed by atoms with Gasteiger partial charge in [0, 0.05) is 5.02 Å². The van der Waals surface area contributed by atoms with Crippen LogP contribution in [-0.2, 0) is 20.2 Å². The minimum absolute atomic E-state index is 0.0667. The van der Waals surface area contributed by atoms with Gasteiger partial charge in [-0.2, -0.15) is 0 Å². The fourth-order valence-electron chi connectivity index (χ4n) is 3.16. The van der Waals surface area contributed by atoms with Crippen LogP contribution in [0.25, 0.3) is 0 Å². The van der Waals surface area contributed by atoms with Gasteiger partial charge in [-0.3, -0.25) is 9.10 Å². The Morgan fingerprint density at radius 1 is 1.10 bits per heavy atom. The summed E-state index contributed by atoms with van der Waals surface area (Å²) in [5.41, 5.74) is 1.67. The van der Waals surface area contributed by atoms with Crippen LogP contribution in [0.1, 0.15) is 39.7 Å². The summed E-state index contributed by atoms with van der Waals surface area (Å²) in [6.45, 7) is 8.74. The molecule has 170 valence electrons. The molecule has 1 amide bonds. The van der Waals surface area contributed by atoms with Crippen LogP contribution < -0.4 is 14.4 Å². The maximum Gasteiger partial charge on any atom is 0.244 e. The van der Waals surface area contributed by atoms with Crippen molar-refractivity contribution in [2.75, 3.05) is 23.7 Å². The molecule has 0 aliphatic carbocycles. The number of hydrogen-bond acceptors (Lipinski definition) is 4. The third-order valence-electron chi connectivity index (χ3n) is 4.80. The maximum absolute atomic E-state index is 12.8. The third kappa shape index (κ3) is 7.14. The van der Waals surface area contributed by atoms with Crippen LogP contribution in [0, 0.1) is 0 Å². The topological polar surface area (TPSA) is 75.7 Å². The first-order valence-electron chi connectivity index (χ1n) is 10.2. The molecular weight excluding hydrogens is 436 g/mol. The van der Waals surface area contributed by atoms with Crippen LogP contribution in [0.4, 0.5) is 5.69 Å². The summed E-state index contributed by atoms with van der Waals surface area (Å²) < 4.78 is 31.7. The molecule has 0 radical (unpaired) electrons. The van der Waals surface area contributed by atoms with E-state index < -0.39 is 16.1 Å². The van der Waals surface area contributed by atoms with Gasteiger partial charge >= 0.3 is 0 Å². The van der Waals surface area contributed by atoms with E-state index in [0.717, 1.165) is 10.6 Å². The van der Waals surface area contributed by atoms with E-state index in [1.807, 2.05) is 24.3 Å². The van der Waals surface area contributed by atoms with Crippen LogP contribution in [0.2, 0.25) is 5.02 Å². The number of sulfonamides is 1. The normalized spacial score (nSPS) is 12.8. The molecule has 0 aliphatic heterocycles. The molecule has 1 N–H and O–H groups in total. The van der Waals surface area contributed by atoms with Gasteiger partial charge in [-0.05, 0) is 53.8 Å². The van der Waals surface area contributed by atoms with Gasteiger partial charge in [0.25, 0.3) is 0 Å². The lowest BCUT2D eigenvalue weighted by Crippen LogP contribution is -2.50. The largest absolute Gasteiger partial charge is 0.492 e. The Kier molecular flexibility index (Phi) is 8.37. The van der Waals surface area contributed by atoms with E-state index in [2.05, 4.69) is 26.1 Å². The minimum Gasteiger partial charge on any atom is -0.492 e. The first-order chi connectivity index (χ1) is 14.4. The zero-order valence-electron chi connectivity index (χ0n) is 18.7. The number of benzene rings is 2. The van der Waals surface area contributed by atoms with E-state index >= 15 is 0 Å². The lowest BCUT2D eigenvalue weighted by molar-refractivity contribution is -0.122. The van der Waals surface area contributed by atoms with Crippen molar-refractivity contribution in [2.24, 2.45) is 0 Å². The molecular formula is C23H31ClN2O4S. The van der Waals surface area contributed by atoms with Crippen LogP contribution in [0.5, 0.6) is 5.75 Å². The second-order valence-electron chi connectivity index (χ2n) is 8.37. The predicted molar refractivity (Wildman–Crippen MR) is 127 cm³/mol. The average molecular weight is 467 g/mol. The van der Waals surface area contributed by atoms with Crippen molar-refractivity contribution < 1.29 is 17.9 Å². The number of carbonyl (C=O) groups is 1. The van der Waals surface area contributed by atoms with Gasteiger partial charge < -0.3 is 10.1 Å². The molecule has 0 fully saturated rings. The number of halogens is 1. The Morgan fingerprint density at radius 2 is 1.68 bits per heavy atom. The fraction of sp³-hybridized carbons (Fsp3) is 0.435. The molecule has 0 saturated carbocycles. The molecule has 31 heavy (non-hydrogen) atoms. The molecule has 0 heterocycles. The standard InChI is InChI=1S/C23H31ClN2O4S/c1-6-21(26(31(5,28)29)19-11-9-18(24)10-12-19)22(27)25-15-16-30-20-13-7-17(8-14-20)23(2,3)4/h7-14,21H,6,15-16H2,1-5H3,(H,25,27)/t21-/m0/s1. The number of anilines is 1. The van der Waals surface area contributed by atoms with E-state index in [-0.39, 0.29) is 24.5 Å². The highest BCUT2D eigenvalue weighted by Gasteiger charge is 2.31. The van der Waals surface area contributed by atoms with Crippen molar-refractivity contribution >= 4 is 33.2 Å². The Balaban J connectivity index is 1.99. The van der Waals surface area contributed by atoms with Crippen molar-refractivity contribution in [1.29, 1.82) is 0 Å². The van der Waals surface area contributed by atoms with Crippen molar-refractivity contribution in [3.8, 4) is 5.75 Å². The minimum atomic E-state index is -3.68. The van der Waals surface area contributed by atoms with Gasteiger partial charge in [-0.15, -0.1) is 0 Å². The first-order valence-corrected chi connectivity index (χ1v) is 12.4. The third-order valence-corrected chi connectivity index (χ3v) is 6.23. The molecule has 0 saturated heterocycles. The molecule has 0 spiro atoms. The van der Waals surface area contributed by atoms with Gasteiger partial charge in [0.05, 0.1) is 18.5 Å². The fourth-order valence-corrected chi connectivity index (χ4v) is 4.50. The zero-order chi connectivity index (χ0) is 23.2. The van der Waals surface area contributed by atoms with Crippen molar-refractivity contribution in [3.63, 3.8) is 0 Å². The Bertz CT molecular complexity index is 968. The summed E-state index contributed by atoms with van der Waals surface area (Å²) in [5, 5.41) is 3.27. The van der Waals surface area contributed by atoms with E-state index in [1.165, 1.54) is 5.56 Å². The predicted octanol–water partition coefficient (Wildman–Crippen LogP) is 4.38. The number of nitrogens with zero attached hydrogens (tertiary/aromatic N) is 1. The number of ether oxygens (including phenoxy) is 1. The van der Waals surface area contributed by atoms with Gasteiger partial charge in [0.15, 0.2) is 0 Å². The van der Waals surface area contributed by atoms with Crippen LogP contribution >= 0.6 is 11.6 Å². The zero-order valence-corrected chi connectivity index (χ0v) is 20.3. The summed E-state index contributed by atoms with van der Waals surface area (Å²) >= 11 is 5.91. The van der Waals surface area contributed by atoms with E-state index in [9.17, 15) is 13.2 Å². The van der Waals surface area contributed by atoms with Gasteiger partial charge in [-0.1, -0.05) is 51.4 Å². The number of hydrogen-bond donors (Lipinski definition) is 1. The molecule has 2 aromatic carbocycles. The van der Waals surface area contributed by atoms with Crippen LogP contribution in [-0.4, -0.2) is 39.8 Å². The summed E-state index contributed by atoms with van der Waals surface area (Å²) in [5.74, 6) is 0.336. The number of rotatable bonds is 9. The summed E-state index contributed by atoms with van der Waals surface area (Å²) in [4.78, 5) is 12.8. The molecule has 2 rings (SSSR count). The molecule has 8 heteroatoms. The molecule has 6 nitrogen and oxygen atoms in total. The van der Waals surface area contributed by atoms with Gasteiger partial charge in [0.1, 0.15) is 18.4 Å². The number of amides is 1. The van der Waals surface area contributed by atoms with Crippen molar-refractivity contribution in [3.05, 3.63) is 59.1 Å². The molecule has 1 atom stereocenters. The van der Waals surface area contributed by atoms with Crippen LogP contribution in [0.3, 0.4) is 0 Å². The molecule has 0 aromatic heterocycles. The molecule has 2 aromatic rings. The van der Waals surface area contributed by atoms with Gasteiger partial charge in [-0.25, -0.2) is 8.42 Å². The van der Waals surface area contributed by atoms with E-state index in [1.54, 1.807) is 31.2 Å². The number of carbonyl (C=O) groups excluding carboxylic acids is 1. The summed E-state index contributed by atoms with van der Waals surface area (Å²) in [6, 6.07) is 13.4. The Morgan fingerprint density at radius 3 is 2.16 bits per heavy atom. The van der Waals surface area contributed by atoms with E-state index in [0.29, 0.717) is 22.9 Å². The Hall–Kier alpha value is -2.25. The SMILES string of the molecule is CC[C@@H](C(=O)NCCOc1ccc(C(C)(C)C)cc1)N(c1ccc(Cl)cc1)S(C)(=O)=O. The van der Waals surface area contributed by atoms with Crippen molar-refractivity contribution in [2.45, 2.75) is 45.6 Å². The highest BCUT2D eigenvalue weighted by atomic mass is 35.5. The Labute approximate surface area is 190 Å². The van der Waals surface area contributed by atoms with E-state index in [4.69, 9.17) is 16.3 Å². The molecule has 0 bridgehead atoms. The summed E-state index contributed by atoms with van der Waals surface area (Å²) in [6.07, 6.45) is 1.40. The monoisotopic (exact) mass is 466 g/mol. The van der Waals surface area contributed by atoms with Gasteiger partial charge in [0.2, 0.25) is 15.9 Å². The second kappa shape index (κ2) is 10.4. The highest BCUT2D eigenvalue weighted by molar-refractivity contribution is 7.92. The molecule has 0 aliphatic rings. The maximum atomic E-state index is 12.8. The first kappa shape index (κ1) is 25.0.